The smallest absolute Gasteiger partial charge is 0.0746 e. The van der Waals surface area contributed by atoms with Gasteiger partial charge in [0.1, 0.15) is 0 Å². The lowest BCUT2D eigenvalue weighted by Crippen LogP contribution is -2.13. The Bertz CT molecular complexity index is 540. The molecule has 0 amide bonds. The van der Waals surface area contributed by atoms with Gasteiger partial charge in [0.25, 0.3) is 0 Å². The summed E-state index contributed by atoms with van der Waals surface area (Å²) in [6, 6.07) is 10.1. The van der Waals surface area contributed by atoms with Crippen molar-refractivity contribution in [2.24, 2.45) is 0 Å². The molecule has 0 aliphatic carbocycles. The summed E-state index contributed by atoms with van der Waals surface area (Å²) < 4.78 is 7.81. The average molecular weight is 321 g/mol. The van der Waals surface area contributed by atoms with E-state index in [0.29, 0.717) is 6.10 Å². The lowest BCUT2D eigenvalue weighted by molar-refractivity contribution is 0.0557. The Morgan fingerprint density at radius 2 is 2.11 bits per heavy atom. The molecule has 1 aromatic heterocycles. The number of hydrogen-bond donors (Lipinski definition) is 0. The molecule has 0 spiro atoms. The molecule has 1 aromatic carbocycles. The molecular weight excluding hydrogens is 304 g/mol. The van der Waals surface area contributed by atoms with Crippen molar-refractivity contribution in [3.8, 4) is 5.69 Å². The molecule has 1 fully saturated rings. The first kappa shape index (κ1) is 12.9. The fourth-order valence-electron chi connectivity index (χ4n) is 2.46. The van der Waals surface area contributed by atoms with Crippen molar-refractivity contribution in [1.29, 1.82) is 0 Å². The van der Waals surface area contributed by atoms with Crippen LogP contribution in [0.5, 0.6) is 0 Å². The average Bonchev–Trinajstić information content (AvgIpc) is 3.08. The normalized spacial score (nSPS) is 24.5. The summed E-state index contributed by atoms with van der Waals surface area (Å²) in [4.78, 5) is 0.218. The number of rotatable bonds is 3. The van der Waals surface area contributed by atoms with E-state index in [1.165, 1.54) is 5.56 Å². The van der Waals surface area contributed by atoms with Crippen molar-refractivity contribution in [2.45, 2.75) is 36.8 Å². The largest absolute Gasteiger partial charge is 0.374 e. The van der Waals surface area contributed by atoms with Gasteiger partial charge < -0.3 is 4.74 Å². The highest BCUT2D eigenvalue weighted by Gasteiger charge is 2.29. The summed E-state index contributed by atoms with van der Waals surface area (Å²) in [7, 11) is 0. The van der Waals surface area contributed by atoms with E-state index in [4.69, 9.17) is 4.74 Å². The van der Waals surface area contributed by atoms with Gasteiger partial charge in [0.05, 0.1) is 28.9 Å². The molecule has 3 atom stereocenters. The van der Waals surface area contributed by atoms with Crippen molar-refractivity contribution in [2.75, 3.05) is 0 Å². The van der Waals surface area contributed by atoms with Gasteiger partial charge >= 0.3 is 0 Å². The van der Waals surface area contributed by atoms with Gasteiger partial charge in [0.15, 0.2) is 0 Å². The van der Waals surface area contributed by atoms with Crippen LogP contribution in [-0.2, 0) is 4.74 Å². The number of nitrogens with zero attached hydrogens (tertiary/aromatic N) is 2. The molecule has 100 valence electrons. The van der Waals surface area contributed by atoms with Crippen LogP contribution in [0.15, 0.2) is 42.7 Å². The summed E-state index contributed by atoms with van der Waals surface area (Å²) in [5.41, 5.74) is 2.25. The number of alkyl halides is 1. The fraction of sp³-hybridized carbons (Fsp3) is 0.400. The minimum absolute atomic E-state index is 0.218. The first-order chi connectivity index (χ1) is 9.24. The Balaban J connectivity index is 1.78. The zero-order chi connectivity index (χ0) is 13.2. The van der Waals surface area contributed by atoms with Crippen molar-refractivity contribution in [3.05, 3.63) is 48.3 Å². The van der Waals surface area contributed by atoms with Gasteiger partial charge in [-0.15, -0.1) is 0 Å². The Kier molecular flexibility index (Phi) is 3.71. The summed E-state index contributed by atoms with van der Waals surface area (Å²) in [6.45, 7) is 2.13. The van der Waals surface area contributed by atoms with E-state index in [9.17, 15) is 0 Å². The molecule has 0 N–H and O–H groups in total. The highest BCUT2D eigenvalue weighted by molar-refractivity contribution is 9.09. The topological polar surface area (TPSA) is 27.1 Å². The second-order valence-electron chi connectivity index (χ2n) is 5.02. The Hall–Kier alpha value is -1.13. The van der Waals surface area contributed by atoms with Crippen molar-refractivity contribution in [3.63, 3.8) is 0 Å². The number of hydrogen-bond acceptors (Lipinski definition) is 2. The van der Waals surface area contributed by atoms with E-state index >= 15 is 0 Å². The molecule has 0 bridgehead atoms. The first-order valence-electron chi connectivity index (χ1n) is 6.63. The number of para-hydroxylation sites is 1. The van der Waals surface area contributed by atoms with Crippen LogP contribution in [0, 0.1) is 0 Å². The third-order valence-corrected chi connectivity index (χ3v) is 4.65. The number of halogens is 1. The van der Waals surface area contributed by atoms with Gasteiger partial charge in [-0.05, 0) is 31.9 Å². The predicted molar refractivity (Wildman–Crippen MR) is 78.8 cm³/mol. The highest BCUT2D eigenvalue weighted by atomic mass is 79.9. The van der Waals surface area contributed by atoms with E-state index < -0.39 is 0 Å². The SMILES string of the molecule is CC1CCC(C(Br)c2cnn(-c3ccccc3)c2)O1. The zero-order valence-electron chi connectivity index (χ0n) is 10.9. The molecule has 1 saturated heterocycles. The molecule has 1 aliphatic heterocycles. The third kappa shape index (κ3) is 2.74. The molecule has 0 saturated carbocycles. The minimum atomic E-state index is 0.218. The third-order valence-electron chi connectivity index (χ3n) is 3.53. The van der Waals surface area contributed by atoms with Crippen LogP contribution >= 0.6 is 15.9 Å². The molecule has 2 heterocycles. The first-order valence-corrected chi connectivity index (χ1v) is 7.55. The lowest BCUT2D eigenvalue weighted by atomic mass is 10.1. The molecule has 2 aromatic rings. The Morgan fingerprint density at radius 1 is 1.32 bits per heavy atom. The van der Waals surface area contributed by atoms with Crippen LogP contribution in [0.25, 0.3) is 5.69 Å². The van der Waals surface area contributed by atoms with Gasteiger partial charge in [-0.2, -0.15) is 5.10 Å². The zero-order valence-corrected chi connectivity index (χ0v) is 12.5. The van der Waals surface area contributed by atoms with Crippen molar-refractivity contribution in [1.82, 2.24) is 9.78 Å². The van der Waals surface area contributed by atoms with E-state index in [1.54, 1.807) is 0 Å². The van der Waals surface area contributed by atoms with E-state index in [0.717, 1.165) is 18.5 Å². The van der Waals surface area contributed by atoms with Crippen LogP contribution in [0.3, 0.4) is 0 Å². The van der Waals surface area contributed by atoms with Gasteiger partial charge in [-0.25, -0.2) is 4.68 Å². The van der Waals surface area contributed by atoms with Gasteiger partial charge in [0, 0.05) is 11.8 Å². The maximum atomic E-state index is 5.91. The minimum Gasteiger partial charge on any atom is -0.374 e. The van der Waals surface area contributed by atoms with Crippen LogP contribution in [-0.4, -0.2) is 22.0 Å². The number of benzene rings is 1. The van der Waals surface area contributed by atoms with Gasteiger partial charge in [-0.3, -0.25) is 0 Å². The molecule has 3 nitrogen and oxygen atoms in total. The summed E-state index contributed by atoms with van der Waals surface area (Å²) in [5.74, 6) is 0. The Morgan fingerprint density at radius 3 is 2.79 bits per heavy atom. The van der Waals surface area contributed by atoms with Crippen LogP contribution < -0.4 is 0 Å². The highest BCUT2D eigenvalue weighted by Crippen LogP contribution is 2.36. The van der Waals surface area contributed by atoms with E-state index in [2.05, 4.69) is 34.1 Å². The summed E-state index contributed by atoms with van der Waals surface area (Å²) in [5, 5.41) is 4.43. The molecular formula is C15H17BrN2O. The van der Waals surface area contributed by atoms with Crippen LogP contribution in [0.4, 0.5) is 0 Å². The molecule has 19 heavy (non-hydrogen) atoms. The van der Waals surface area contributed by atoms with Crippen molar-refractivity contribution < 1.29 is 4.74 Å². The predicted octanol–water partition coefficient (Wildman–Crippen LogP) is 3.88. The monoisotopic (exact) mass is 320 g/mol. The summed E-state index contributed by atoms with van der Waals surface area (Å²) in [6.07, 6.45) is 6.85. The molecule has 3 rings (SSSR count). The van der Waals surface area contributed by atoms with Crippen molar-refractivity contribution >= 4 is 15.9 Å². The van der Waals surface area contributed by atoms with Gasteiger partial charge in [-0.1, -0.05) is 34.1 Å². The summed E-state index contributed by atoms with van der Waals surface area (Å²) >= 11 is 3.75. The molecule has 4 heteroatoms. The molecule has 0 radical (unpaired) electrons. The van der Waals surface area contributed by atoms with E-state index in [-0.39, 0.29) is 10.9 Å². The maximum absolute atomic E-state index is 5.91. The van der Waals surface area contributed by atoms with Gasteiger partial charge in [0.2, 0.25) is 0 Å². The lowest BCUT2D eigenvalue weighted by Gasteiger charge is -2.16. The number of ether oxygens (including phenoxy) is 1. The van der Waals surface area contributed by atoms with Crippen LogP contribution in [0.2, 0.25) is 0 Å². The van der Waals surface area contributed by atoms with Crippen LogP contribution in [0.1, 0.15) is 30.2 Å². The second-order valence-corrected chi connectivity index (χ2v) is 6.00. The Labute approximate surface area is 121 Å². The fourth-order valence-corrected chi connectivity index (χ4v) is 3.09. The quantitative estimate of drug-likeness (QED) is 0.802. The number of aromatic nitrogens is 2. The molecule has 1 aliphatic rings. The maximum Gasteiger partial charge on any atom is 0.0746 e. The molecule has 3 unspecified atom stereocenters. The standard InChI is InChI=1S/C15H17BrN2O/c1-11-7-8-14(19-11)15(16)12-9-17-18(10-12)13-5-3-2-4-6-13/h2-6,9-11,14-15H,7-8H2,1H3. The second kappa shape index (κ2) is 5.47. The van der Waals surface area contributed by atoms with E-state index in [1.807, 2.05) is 41.2 Å².